The largest absolute Gasteiger partial charge is 0.489 e. The Labute approximate surface area is 207 Å². The maximum absolute atomic E-state index is 13.0. The number of sulfonamides is 1. The van der Waals surface area contributed by atoms with Crippen LogP contribution < -0.4 is 9.46 Å². The molecule has 0 aliphatic rings. The molecule has 0 unspecified atom stereocenters. The molecule has 0 aliphatic carbocycles. The van der Waals surface area contributed by atoms with Crippen LogP contribution in [0.3, 0.4) is 0 Å². The van der Waals surface area contributed by atoms with E-state index in [1.165, 1.54) is 49.4 Å². The monoisotopic (exact) mass is 618 g/mol. The fourth-order valence-electron chi connectivity index (χ4n) is 2.97. The second kappa shape index (κ2) is 9.41. The third-order valence-corrected chi connectivity index (χ3v) is 9.15. The molecule has 0 radical (unpaired) electrons. The minimum absolute atomic E-state index is 0.0286. The zero-order chi connectivity index (χ0) is 24.6. The highest BCUT2D eigenvalue weighted by atomic mass is 79.9. The first-order chi connectivity index (χ1) is 15.4. The van der Waals surface area contributed by atoms with Gasteiger partial charge >= 0.3 is 5.69 Å². The Bertz CT molecular complexity index is 1440. The maximum Gasteiger partial charge on any atom is 0.316 e. The Kier molecular flexibility index (Phi) is 7.17. The fraction of sp³-hybridized carbons (Fsp3) is 0.100. The van der Waals surface area contributed by atoms with Crippen molar-refractivity contribution in [2.75, 3.05) is 11.8 Å². The van der Waals surface area contributed by atoms with Gasteiger partial charge in [-0.15, -0.1) is 0 Å². The van der Waals surface area contributed by atoms with Crippen LogP contribution in [0.1, 0.15) is 5.56 Å². The van der Waals surface area contributed by atoms with Crippen LogP contribution in [0, 0.1) is 17.0 Å². The average molecular weight is 620 g/mol. The lowest BCUT2D eigenvalue weighted by Crippen LogP contribution is -2.15. The number of nitrogens with one attached hydrogen (secondary N) is 1. The molecule has 3 aromatic carbocycles. The van der Waals surface area contributed by atoms with E-state index in [1.54, 1.807) is 12.1 Å². The summed E-state index contributed by atoms with van der Waals surface area (Å²) in [7, 11) is -6.99. The van der Waals surface area contributed by atoms with E-state index in [9.17, 15) is 26.9 Å². The van der Waals surface area contributed by atoms with Gasteiger partial charge in [0.2, 0.25) is 15.6 Å². The molecule has 33 heavy (non-hydrogen) atoms. The summed E-state index contributed by atoms with van der Waals surface area (Å²) in [5, 5.41) is 11.5. The number of halogens is 2. The smallest absolute Gasteiger partial charge is 0.316 e. The summed E-state index contributed by atoms with van der Waals surface area (Å²) >= 11 is 6.39. The summed E-state index contributed by atoms with van der Waals surface area (Å²) in [6.07, 6.45) is 0. The summed E-state index contributed by atoms with van der Waals surface area (Å²) in [6, 6.07) is 12.4. The molecule has 3 aromatic rings. The van der Waals surface area contributed by atoms with Crippen molar-refractivity contribution in [3.63, 3.8) is 0 Å². The van der Waals surface area contributed by atoms with E-state index in [0.29, 0.717) is 0 Å². The second-order valence-electron chi connectivity index (χ2n) is 6.71. The van der Waals surface area contributed by atoms with Gasteiger partial charge in [0.25, 0.3) is 10.0 Å². The Morgan fingerprint density at radius 2 is 1.45 bits per heavy atom. The molecule has 0 aliphatic heterocycles. The lowest BCUT2D eigenvalue weighted by atomic mass is 10.2. The first-order valence-corrected chi connectivity index (χ1v) is 13.6. The normalized spacial score (nSPS) is 11.8. The van der Waals surface area contributed by atoms with Gasteiger partial charge in [-0.3, -0.25) is 14.8 Å². The first kappa shape index (κ1) is 25.1. The average Bonchev–Trinajstić information content (AvgIpc) is 2.75. The number of methoxy groups -OCH3 is 1. The van der Waals surface area contributed by atoms with E-state index < -0.39 is 41.1 Å². The molecule has 0 bridgehead atoms. The van der Waals surface area contributed by atoms with Gasteiger partial charge in [0.15, 0.2) is 0 Å². The Morgan fingerprint density at radius 1 is 0.939 bits per heavy atom. The predicted octanol–water partition coefficient (Wildman–Crippen LogP) is 5.07. The highest BCUT2D eigenvalue weighted by Gasteiger charge is 2.31. The molecule has 1 N–H and O–H groups in total. The van der Waals surface area contributed by atoms with Gasteiger partial charge in [-0.25, -0.2) is 16.8 Å². The molecule has 0 spiro atoms. The Balaban J connectivity index is 1.98. The molecule has 9 nitrogen and oxygen atoms in total. The second-order valence-corrected chi connectivity index (χ2v) is 12.1. The van der Waals surface area contributed by atoms with Gasteiger partial charge < -0.3 is 4.74 Å². The minimum Gasteiger partial charge on any atom is -0.489 e. The predicted molar refractivity (Wildman–Crippen MR) is 129 cm³/mol. The number of nitro benzene ring substituents is 1. The van der Waals surface area contributed by atoms with Gasteiger partial charge in [0, 0.05) is 20.2 Å². The highest BCUT2D eigenvalue weighted by molar-refractivity contribution is 9.10. The van der Waals surface area contributed by atoms with Gasteiger partial charge in [0.1, 0.15) is 4.90 Å². The van der Waals surface area contributed by atoms with Crippen LogP contribution in [-0.4, -0.2) is 28.9 Å². The van der Waals surface area contributed by atoms with Crippen molar-refractivity contribution in [3.05, 3.63) is 79.2 Å². The van der Waals surface area contributed by atoms with Gasteiger partial charge in [-0.2, -0.15) is 0 Å². The van der Waals surface area contributed by atoms with Crippen LogP contribution in [-0.2, 0) is 19.9 Å². The van der Waals surface area contributed by atoms with Crippen molar-refractivity contribution in [1.82, 2.24) is 0 Å². The molecule has 0 saturated heterocycles. The molecule has 0 heterocycles. The third kappa shape index (κ3) is 5.05. The van der Waals surface area contributed by atoms with Crippen molar-refractivity contribution < 1.29 is 26.5 Å². The topological polar surface area (TPSA) is 133 Å². The van der Waals surface area contributed by atoms with E-state index in [0.717, 1.165) is 11.6 Å². The number of anilines is 1. The van der Waals surface area contributed by atoms with Crippen LogP contribution in [0.5, 0.6) is 5.75 Å². The molecule has 0 atom stereocenters. The number of ether oxygens (including phenoxy) is 1. The van der Waals surface area contributed by atoms with E-state index >= 15 is 0 Å². The van der Waals surface area contributed by atoms with Crippen LogP contribution in [0.15, 0.2) is 78.2 Å². The number of sulfone groups is 1. The van der Waals surface area contributed by atoms with Crippen molar-refractivity contribution in [3.8, 4) is 5.75 Å². The summed E-state index contributed by atoms with van der Waals surface area (Å²) in [5.74, 6) is -0.414. The number of nitro groups is 1. The Morgan fingerprint density at radius 3 is 1.94 bits per heavy atom. The minimum atomic E-state index is -4.32. The van der Waals surface area contributed by atoms with Crippen LogP contribution in [0.2, 0.25) is 0 Å². The van der Waals surface area contributed by atoms with E-state index in [-0.39, 0.29) is 25.5 Å². The molecule has 0 saturated carbocycles. The number of hydrogen-bond acceptors (Lipinski definition) is 7. The third-order valence-electron chi connectivity index (χ3n) is 4.63. The van der Waals surface area contributed by atoms with E-state index in [2.05, 4.69) is 36.6 Å². The SMILES string of the molecule is COc1c(S(=O)(=O)Nc2ccc(S(=O)(=O)c3ccc(Br)cc3)cc2)cc(Br)c(C)c1[N+](=O)[O-]. The number of benzene rings is 3. The molecular formula is C20H16Br2N2O7S2. The molecule has 13 heteroatoms. The first-order valence-electron chi connectivity index (χ1n) is 9.03. The van der Waals surface area contributed by atoms with Crippen LogP contribution >= 0.6 is 31.9 Å². The Hall–Kier alpha value is -2.48. The standard InChI is InChI=1S/C20H16Br2N2O7S2/c1-12-17(22)11-18(20(31-2)19(12)24(25)26)33(29,30)23-14-5-9-16(10-6-14)32(27,28)15-7-3-13(21)4-8-15/h3-11,23H,1-2H3. The molecule has 0 amide bonds. The summed E-state index contributed by atoms with van der Waals surface area (Å²) in [5.41, 5.74) is -0.215. The number of rotatable bonds is 7. The van der Waals surface area contributed by atoms with Crippen molar-refractivity contribution >= 4 is 63.1 Å². The fourth-order valence-corrected chi connectivity index (χ4v) is 6.31. The molecule has 0 aromatic heterocycles. The molecule has 3 rings (SSSR count). The van der Waals surface area contributed by atoms with Crippen molar-refractivity contribution in [2.45, 2.75) is 21.6 Å². The van der Waals surface area contributed by atoms with Gasteiger partial charge in [-0.05, 0) is 61.5 Å². The molecule has 0 fully saturated rings. The number of nitrogens with zero attached hydrogens (tertiary/aromatic N) is 1. The van der Waals surface area contributed by atoms with E-state index in [4.69, 9.17) is 4.74 Å². The van der Waals surface area contributed by atoms with Gasteiger partial charge in [0.05, 0.1) is 21.8 Å². The summed E-state index contributed by atoms with van der Waals surface area (Å²) in [4.78, 5) is 10.4. The lowest BCUT2D eigenvalue weighted by Gasteiger charge is -2.14. The number of hydrogen-bond donors (Lipinski definition) is 1. The van der Waals surface area contributed by atoms with Crippen LogP contribution in [0.4, 0.5) is 11.4 Å². The maximum atomic E-state index is 13.0. The zero-order valence-corrected chi connectivity index (χ0v) is 21.9. The van der Waals surface area contributed by atoms with E-state index in [1.807, 2.05) is 0 Å². The highest BCUT2D eigenvalue weighted by Crippen LogP contribution is 2.41. The quantitative estimate of drug-likeness (QED) is 0.288. The molecular weight excluding hydrogens is 604 g/mol. The van der Waals surface area contributed by atoms with Crippen molar-refractivity contribution in [1.29, 1.82) is 0 Å². The zero-order valence-electron chi connectivity index (χ0n) is 17.1. The summed E-state index contributed by atoms with van der Waals surface area (Å²) < 4.78 is 59.8. The van der Waals surface area contributed by atoms with Crippen LogP contribution in [0.25, 0.3) is 0 Å². The van der Waals surface area contributed by atoms with Crippen molar-refractivity contribution in [2.24, 2.45) is 0 Å². The van der Waals surface area contributed by atoms with Gasteiger partial charge in [-0.1, -0.05) is 31.9 Å². The summed E-state index contributed by atoms with van der Waals surface area (Å²) in [6.45, 7) is 1.46. The lowest BCUT2D eigenvalue weighted by molar-refractivity contribution is -0.386. The molecule has 174 valence electrons.